The second-order valence-corrected chi connectivity index (χ2v) is 6.80. The molecule has 0 unspecified atom stereocenters. The van der Waals surface area contributed by atoms with Gasteiger partial charge in [-0.15, -0.1) is 11.3 Å². The van der Waals surface area contributed by atoms with Crippen molar-refractivity contribution in [1.29, 1.82) is 0 Å². The van der Waals surface area contributed by atoms with Crippen LogP contribution in [0.4, 0.5) is 0 Å². The van der Waals surface area contributed by atoms with Crippen molar-refractivity contribution in [2.75, 3.05) is 6.54 Å². The van der Waals surface area contributed by atoms with Crippen molar-refractivity contribution in [2.45, 2.75) is 37.8 Å². The fourth-order valence-corrected chi connectivity index (χ4v) is 3.81. The molecule has 20 heavy (non-hydrogen) atoms. The highest BCUT2D eigenvalue weighted by Gasteiger charge is 2.28. The van der Waals surface area contributed by atoms with Crippen LogP contribution in [0.1, 0.15) is 41.8 Å². The number of nitrogens with one attached hydrogen (secondary N) is 1. The lowest BCUT2D eigenvalue weighted by molar-refractivity contribution is 0.0530. The Morgan fingerprint density at radius 3 is 3.20 bits per heavy atom. The fraction of sp³-hybridized carbons (Fsp3) is 0.533. The summed E-state index contributed by atoms with van der Waals surface area (Å²) in [6.45, 7) is 2.38. The van der Waals surface area contributed by atoms with Crippen LogP contribution in [0.2, 0.25) is 0 Å². The van der Waals surface area contributed by atoms with Gasteiger partial charge in [0.15, 0.2) is 0 Å². The molecule has 2 heterocycles. The van der Waals surface area contributed by atoms with Gasteiger partial charge in [0.05, 0.1) is 6.20 Å². The predicted octanol–water partition coefficient (Wildman–Crippen LogP) is 2.36. The zero-order valence-corrected chi connectivity index (χ0v) is 12.8. The second-order valence-electron chi connectivity index (χ2n) is 5.80. The Balaban J connectivity index is 1.68. The van der Waals surface area contributed by atoms with Gasteiger partial charge in [0.2, 0.25) is 0 Å². The van der Waals surface area contributed by atoms with E-state index < -0.39 is 5.60 Å². The molecule has 0 bridgehead atoms. The number of thiophene rings is 1. The minimum Gasteiger partial charge on any atom is -0.384 e. The van der Waals surface area contributed by atoms with E-state index in [9.17, 15) is 5.11 Å². The highest BCUT2D eigenvalue weighted by molar-refractivity contribution is 7.10. The van der Waals surface area contributed by atoms with Crippen LogP contribution in [0.5, 0.6) is 0 Å². The number of fused-ring (bicyclic) bond motifs is 1. The molecule has 0 saturated carbocycles. The van der Waals surface area contributed by atoms with E-state index in [1.54, 1.807) is 10.9 Å². The summed E-state index contributed by atoms with van der Waals surface area (Å²) >= 11 is 1.85. The van der Waals surface area contributed by atoms with E-state index in [0.717, 1.165) is 12.0 Å². The number of aryl methyl sites for hydroxylation is 2. The van der Waals surface area contributed by atoms with E-state index in [-0.39, 0.29) is 0 Å². The zero-order chi connectivity index (χ0) is 14.2. The van der Waals surface area contributed by atoms with Crippen LogP contribution in [0, 0.1) is 0 Å². The molecule has 0 fully saturated rings. The summed E-state index contributed by atoms with van der Waals surface area (Å²) in [5.74, 6) is 0. The van der Waals surface area contributed by atoms with Crippen molar-refractivity contribution < 1.29 is 5.11 Å². The zero-order valence-electron chi connectivity index (χ0n) is 12.0. The molecule has 108 valence electrons. The van der Waals surface area contributed by atoms with E-state index in [1.807, 2.05) is 31.5 Å². The van der Waals surface area contributed by atoms with Gasteiger partial charge < -0.3 is 10.4 Å². The van der Waals surface area contributed by atoms with Gasteiger partial charge in [-0.05, 0) is 43.2 Å². The number of hydrogen-bond acceptors (Lipinski definition) is 4. The lowest BCUT2D eigenvalue weighted by atomic mass is 9.92. The molecule has 3 rings (SSSR count). The Hall–Kier alpha value is -1.17. The molecule has 1 aliphatic carbocycles. The average Bonchev–Trinajstić information content (AvgIpc) is 3.05. The van der Waals surface area contributed by atoms with E-state index >= 15 is 0 Å². The monoisotopic (exact) mass is 291 g/mol. The Morgan fingerprint density at radius 1 is 1.60 bits per heavy atom. The van der Waals surface area contributed by atoms with Crippen LogP contribution in [-0.2, 0) is 19.1 Å². The number of hydrogen-bond donors (Lipinski definition) is 2. The molecule has 5 heteroatoms. The van der Waals surface area contributed by atoms with Gasteiger partial charge in [-0.25, -0.2) is 0 Å². The van der Waals surface area contributed by atoms with Crippen LogP contribution in [0.25, 0.3) is 0 Å². The van der Waals surface area contributed by atoms with Crippen molar-refractivity contribution in [2.24, 2.45) is 7.05 Å². The number of rotatable bonds is 4. The Morgan fingerprint density at radius 2 is 2.45 bits per heavy atom. The lowest BCUT2D eigenvalue weighted by Crippen LogP contribution is -2.38. The molecule has 0 radical (unpaired) electrons. The molecule has 0 spiro atoms. The molecule has 2 N–H and O–H groups in total. The van der Waals surface area contributed by atoms with E-state index in [0.29, 0.717) is 12.6 Å². The third-order valence-electron chi connectivity index (χ3n) is 4.07. The van der Waals surface area contributed by atoms with Crippen LogP contribution in [-0.4, -0.2) is 21.4 Å². The van der Waals surface area contributed by atoms with Crippen LogP contribution >= 0.6 is 11.3 Å². The Kier molecular flexibility index (Phi) is 3.67. The summed E-state index contributed by atoms with van der Waals surface area (Å²) in [4.78, 5) is 1.50. The van der Waals surface area contributed by atoms with Gasteiger partial charge in [-0.3, -0.25) is 4.68 Å². The lowest BCUT2D eigenvalue weighted by Gasteiger charge is -2.29. The molecule has 4 nitrogen and oxygen atoms in total. The molecule has 2 atom stereocenters. The number of aliphatic hydroxyl groups is 1. The van der Waals surface area contributed by atoms with Crippen molar-refractivity contribution >= 4 is 11.3 Å². The van der Waals surface area contributed by atoms with Gasteiger partial charge in [0.25, 0.3) is 0 Å². The molecule has 0 aromatic carbocycles. The fourth-order valence-electron chi connectivity index (χ4n) is 2.82. The van der Waals surface area contributed by atoms with Crippen LogP contribution in [0.3, 0.4) is 0 Å². The second kappa shape index (κ2) is 5.31. The van der Waals surface area contributed by atoms with Crippen molar-refractivity contribution in [3.8, 4) is 0 Å². The number of nitrogens with zero attached hydrogens (tertiary/aromatic N) is 2. The normalized spacial score (nSPS) is 21.4. The molecule has 2 aromatic rings. The largest absolute Gasteiger partial charge is 0.384 e. The van der Waals surface area contributed by atoms with E-state index in [4.69, 9.17) is 0 Å². The first kappa shape index (κ1) is 13.8. The first-order chi connectivity index (χ1) is 9.56. The van der Waals surface area contributed by atoms with Gasteiger partial charge in [0, 0.05) is 36.3 Å². The highest BCUT2D eigenvalue weighted by Crippen LogP contribution is 2.33. The van der Waals surface area contributed by atoms with Crippen molar-refractivity contribution in [1.82, 2.24) is 15.1 Å². The predicted molar refractivity (Wildman–Crippen MR) is 80.8 cm³/mol. The average molecular weight is 291 g/mol. The molecule has 2 aromatic heterocycles. The standard InChI is InChI=1S/C15H21N3OS/c1-15(19,11-8-17-18(2)9-11)10-16-13-4-3-5-14-12(13)6-7-20-14/h6-9,13,16,19H,3-5,10H2,1-2H3/t13-,15+/m0/s1. The summed E-state index contributed by atoms with van der Waals surface area (Å²) in [6.07, 6.45) is 7.17. The first-order valence-corrected chi connectivity index (χ1v) is 7.95. The summed E-state index contributed by atoms with van der Waals surface area (Å²) in [5, 5.41) is 20.5. The van der Waals surface area contributed by atoms with Gasteiger partial charge in [-0.1, -0.05) is 0 Å². The van der Waals surface area contributed by atoms with Crippen molar-refractivity contribution in [3.63, 3.8) is 0 Å². The van der Waals surface area contributed by atoms with Crippen molar-refractivity contribution in [3.05, 3.63) is 39.8 Å². The minimum absolute atomic E-state index is 0.369. The SMILES string of the molecule is Cn1cc([C@](C)(O)CN[C@H]2CCCc3sccc32)cn1. The molecule has 0 amide bonds. The van der Waals surface area contributed by atoms with Gasteiger partial charge >= 0.3 is 0 Å². The summed E-state index contributed by atoms with van der Waals surface area (Å²) < 4.78 is 1.72. The quantitative estimate of drug-likeness (QED) is 0.909. The highest BCUT2D eigenvalue weighted by atomic mass is 32.1. The van der Waals surface area contributed by atoms with Gasteiger partial charge in [-0.2, -0.15) is 5.10 Å². The third-order valence-corrected chi connectivity index (χ3v) is 5.07. The maximum Gasteiger partial charge on any atom is 0.102 e. The summed E-state index contributed by atoms with van der Waals surface area (Å²) in [6, 6.07) is 2.59. The molecule has 0 saturated heterocycles. The third kappa shape index (κ3) is 2.66. The maximum atomic E-state index is 10.6. The molecular formula is C15H21N3OS. The molecule has 0 aliphatic heterocycles. The maximum absolute atomic E-state index is 10.6. The smallest absolute Gasteiger partial charge is 0.102 e. The summed E-state index contributed by atoms with van der Waals surface area (Å²) in [5.41, 5.74) is 1.39. The van der Waals surface area contributed by atoms with Crippen LogP contribution in [0.15, 0.2) is 23.8 Å². The molecule has 1 aliphatic rings. The van der Waals surface area contributed by atoms with E-state index in [2.05, 4.69) is 21.9 Å². The molecular weight excluding hydrogens is 270 g/mol. The number of aromatic nitrogens is 2. The minimum atomic E-state index is -0.887. The topological polar surface area (TPSA) is 50.1 Å². The first-order valence-electron chi connectivity index (χ1n) is 7.07. The van der Waals surface area contributed by atoms with E-state index in [1.165, 1.54) is 23.3 Å². The van der Waals surface area contributed by atoms with Gasteiger partial charge in [0.1, 0.15) is 5.60 Å². The Bertz CT molecular complexity index is 587. The van der Waals surface area contributed by atoms with Crippen LogP contribution < -0.4 is 5.32 Å². The summed E-state index contributed by atoms with van der Waals surface area (Å²) in [7, 11) is 1.87. The Labute approximate surface area is 123 Å².